The first kappa shape index (κ1) is 10.6. The van der Waals surface area contributed by atoms with Crippen molar-refractivity contribution in [3.63, 3.8) is 0 Å². The number of hydrogen-bond donors (Lipinski definition) is 1. The average Bonchev–Trinajstić information content (AvgIpc) is 2.78. The molecular weight excluding hydrogens is 206 g/mol. The highest BCUT2D eigenvalue weighted by Gasteiger charge is 2.11. The Labute approximate surface area is 93.2 Å². The van der Waals surface area contributed by atoms with Crippen molar-refractivity contribution >= 4 is 0 Å². The van der Waals surface area contributed by atoms with Gasteiger partial charge in [0.1, 0.15) is 17.1 Å². The molecule has 2 N–H and O–H groups in total. The molecule has 84 valence electrons. The molecule has 5 nitrogen and oxygen atoms in total. The Hall–Kier alpha value is -1.88. The van der Waals surface area contributed by atoms with Crippen LogP contribution in [-0.4, -0.2) is 24.0 Å². The first-order chi connectivity index (χ1) is 7.85. The molecule has 0 aliphatic heterocycles. The zero-order chi connectivity index (χ0) is 11.4. The van der Waals surface area contributed by atoms with Crippen LogP contribution in [0.2, 0.25) is 0 Å². The monoisotopic (exact) mass is 219 g/mol. The molecule has 1 aromatic heterocycles. The maximum Gasteiger partial charge on any atom is 0.138 e. The van der Waals surface area contributed by atoms with Crippen LogP contribution >= 0.6 is 0 Å². The third kappa shape index (κ3) is 2.04. The third-order valence-corrected chi connectivity index (χ3v) is 2.30. The van der Waals surface area contributed by atoms with Gasteiger partial charge in [0.2, 0.25) is 0 Å². The quantitative estimate of drug-likeness (QED) is 0.837. The lowest BCUT2D eigenvalue weighted by atomic mass is 10.1. The molecule has 0 aliphatic carbocycles. The molecule has 0 fully saturated rings. The minimum atomic E-state index is 0.525. The molecule has 0 saturated carbocycles. The van der Waals surface area contributed by atoms with Gasteiger partial charge in [-0.25, -0.2) is 4.63 Å². The second-order valence-electron chi connectivity index (χ2n) is 3.33. The molecule has 0 spiro atoms. The highest BCUT2D eigenvalue weighted by molar-refractivity contribution is 5.61. The highest BCUT2D eigenvalue weighted by atomic mass is 16.6. The van der Waals surface area contributed by atoms with Crippen LogP contribution in [0.4, 0.5) is 0 Å². The largest absolute Gasteiger partial charge is 0.497 e. The molecule has 1 heterocycles. The molecule has 0 amide bonds. The number of aromatic nitrogens is 2. The average molecular weight is 219 g/mol. The summed E-state index contributed by atoms with van der Waals surface area (Å²) in [4.78, 5) is 0. The molecule has 5 heteroatoms. The van der Waals surface area contributed by atoms with E-state index >= 15 is 0 Å². The fourth-order valence-electron chi connectivity index (χ4n) is 1.48. The first-order valence-corrected chi connectivity index (χ1v) is 5.01. The predicted octanol–water partition coefficient (Wildman–Crippen LogP) is 1.25. The van der Waals surface area contributed by atoms with Crippen LogP contribution < -0.4 is 10.5 Å². The van der Waals surface area contributed by atoms with Crippen molar-refractivity contribution < 1.29 is 9.37 Å². The zero-order valence-corrected chi connectivity index (χ0v) is 9.01. The van der Waals surface area contributed by atoms with Crippen molar-refractivity contribution in [3.05, 3.63) is 30.0 Å². The molecule has 0 saturated heterocycles. The number of benzene rings is 1. The summed E-state index contributed by atoms with van der Waals surface area (Å²) in [5.74, 6) is 0.806. The minimum Gasteiger partial charge on any atom is -0.497 e. The molecule has 1 aromatic carbocycles. The minimum absolute atomic E-state index is 0.525. The molecule has 2 aromatic rings. The van der Waals surface area contributed by atoms with E-state index in [4.69, 9.17) is 15.1 Å². The van der Waals surface area contributed by atoms with Crippen molar-refractivity contribution in [1.29, 1.82) is 0 Å². The van der Waals surface area contributed by atoms with E-state index in [1.165, 1.54) is 0 Å². The Kier molecular flexibility index (Phi) is 3.16. The smallest absolute Gasteiger partial charge is 0.138 e. The summed E-state index contributed by atoms with van der Waals surface area (Å²) in [5.41, 5.74) is 7.96. The molecule has 0 atom stereocenters. The maximum atomic E-state index is 5.48. The van der Waals surface area contributed by atoms with Crippen LogP contribution in [0.1, 0.15) is 5.69 Å². The highest BCUT2D eigenvalue weighted by Crippen LogP contribution is 2.23. The molecular formula is C11H13N3O2. The van der Waals surface area contributed by atoms with Gasteiger partial charge < -0.3 is 10.5 Å². The Morgan fingerprint density at radius 3 is 2.62 bits per heavy atom. The summed E-state index contributed by atoms with van der Waals surface area (Å²) in [6.45, 7) is 0.525. The molecule has 0 unspecified atom stereocenters. The van der Waals surface area contributed by atoms with Crippen LogP contribution in [-0.2, 0) is 6.42 Å². The second kappa shape index (κ2) is 4.76. The molecule has 0 bridgehead atoms. The van der Waals surface area contributed by atoms with Gasteiger partial charge in [-0.15, -0.1) is 0 Å². The summed E-state index contributed by atoms with van der Waals surface area (Å²) < 4.78 is 9.81. The Bertz CT molecular complexity index is 451. The summed E-state index contributed by atoms with van der Waals surface area (Å²) in [6.07, 6.45) is 0.658. The molecule has 0 aliphatic rings. The van der Waals surface area contributed by atoms with E-state index in [9.17, 15) is 0 Å². The summed E-state index contributed by atoms with van der Waals surface area (Å²) in [7, 11) is 1.63. The van der Waals surface area contributed by atoms with Gasteiger partial charge in [-0.2, -0.15) is 0 Å². The Morgan fingerprint density at radius 1 is 1.25 bits per heavy atom. The number of hydrogen-bond acceptors (Lipinski definition) is 5. The standard InChI is InChI=1S/C11H13N3O2/c1-15-9-4-2-8(3-5-9)11-10(6-7-12)13-16-14-11/h2-5H,6-7,12H2,1H3. The molecule has 0 radical (unpaired) electrons. The maximum absolute atomic E-state index is 5.48. The first-order valence-electron chi connectivity index (χ1n) is 5.01. The topological polar surface area (TPSA) is 74.2 Å². The lowest BCUT2D eigenvalue weighted by Gasteiger charge is -2.01. The number of methoxy groups -OCH3 is 1. The SMILES string of the molecule is COc1ccc(-c2nonc2CCN)cc1. The van der Waals surface area contributed by atoms with E-state index in [1.54, 1.807) is 7.11 Å². The van der Waals surface area contributed by atoms with Gasteiger partial charge >= 0.3 is 0 Å². The fraction of sp³-hybridized carbons (Fsp3) is 0.273. The summed E-state index contributed by atoms with van der Waals surface area (Å²) >= 11 is 0. The van der Waals surface area contributed by atoms with Crippen LogP contribution in [0.5, 0.6) is 5.75 Å². The normalized spacial score (nSPS) is 10.4. The van der Waals surface area contributed by atoms with Gasteiger partial charge in [-0.1, -0.05) is 5.16 Å². The Morgan fingerprint density at radius 2 is 2.00 bits per heavy atom. The van der Waals surface area contributed by atoms with Crippen molar-refractivity contribution in [3.8, 4) is 17.0 Å². The fourth-order valence-corrected chi connectivity index (χ4v) is 1.48. The lowest BCUT2D eigenvalue weighted by Crippen LogP contribution is -2.03. The molecule has 16 heavy (non-hydrogen) atoms. The predicted molar refractivity (Wildman–Crippen MR) is 59.0 cm³/mol. The lowest BCUT2D eigenvalue weighted by molar-refractivity contribution is 0.304. The number of nitrogens with two attached hydrogens (primary N) is 1. The van der Waals surface area contributed by atoms with Gasteiger partial charge in [-0.05, 0) is 36.0 Å². The van der Waals surface area contributed by atoms with Crippen LogP contribution in [0.25, 0.3) is 11.3 Å². The third-order valence-electron chi connectivity index (χ3n) is 2.30. The number of ether oxygens (including phenoxy) is 1. The van der Waals surface area contributed by atoms with E-state index in [1.807, 2.05) is 24.3 Å². The van der Waals surface area contributed by atoms with Gasteiger partial charge in [0.05, 0.1) is 7.11 Å². The summed E-state index contributed by atoms with van der Waals surface area (Å²) in [6, 6.07) is 7.57. The van der Waals surface area contributed by atoms with E-state index in [-0.39, 0.29) is 0 Å². The van der Waals surface area contributed by atoms with Gasteiger partial charge in [0.25, 0.3) is 0 Å². The number of nitrogens with zero attached hydrogens (tertiary/aromatic N) is 2. The van der Waals surface area contributed by atoms with E-state index in [2.05, 4.69) is 10.3 Å². The van der Waals surface area contributed by atoms with E-state index in [0.29, 0.717) is 13.0 Å². The number of rotatable bonds is 4. The van der Waals surface area contributed by atoms with E-state index in [0.717, 1.165) is 22.7 Å². The molecule has 2 rings (SSSR count). The van der Waals surface area contributed by atoms with Crippen LogP contribution in [0.3, 0.4) is 0 Å². The van der Waals surface area contributed by atoms with Gasteiger partial charge in [-0.3, -0.25) is 0 Å². The van der Waals surface area contributed by atoms with Crippen LogP contribution in [0.15, 0.2) is 28.9 Å². The van der Waals surface area contributed by atoms with Crippen molar-refractivity contribution in [1.82, 2.24) is 10.3 Å². The second-order valence-corrected chi connectivity index (χ2v) is 3.33. The van der Waals surface area contributed by atoms with Crippen molar-refractivity contribution in [2.75, 3.05) is 13.7 Å². The van der Waals surface area contributed by atoms with Gasteiger partial charge in [0.15, 0.2) is 0 Å². The van der Waals surface area contributed by atoms with E-state index < -0.39 is 0 Å². The van der Waals surface area contributed by atoms with Crippen molar-refractivity contribution in [2.45, 2.75) is 6.42 Å². The summed E-state index contributed by atoms with van der Waals surface area (Å²) in [5, 5.41) is 7.71. The van der Waals surface area contributed by atoms with Crippen molar-refractivity contribution in [2.24, 2.45) is 5.73 Å². The van der Waals surface area contributed by atoms with Gasteiger partial charge in [0, 0.05) is 12.0 Å². The zero-order valence-electron chi connectivity index (χ0n) is 9.01. The van der Waals surface area contributed by atoms with Crippen LogP contribution in [0, 0.1) is 0 Å². The Balaban J connectivity index is 2.31.